The number of carboxylic acids is 2. The van der Waals surface area contributed by atoms with E-state index in [0.29, 0.717) is 5.56 Å². The first-order chi connectivity index (χ1) is 15.6. The van der Waals surface area contributed by atoms with Gasteiger partial charge in [0.1, 0.15) is 5.54 Å². The van der Waals surface area contributed by atoms with Crippen molar-refractivity contribution in [1.82, 2.24) is 10.2 Å². The van der Waals surface area contributed by atoms with Gasteiger partial charge in [-0.2, -0.15) is 0 Å². The van der Waals surface area contributed by atoms with Crippen LogP contribution in [0.1, 0.15) is 23.6 Å². The van der Waals surface area contributed by atoms with E-state index >= 15 is 0 Å². The molecule has 0 spiro atoms. The zero-order valence-electron chi connectivity index (χ0n) is 16.8. The highest BCUT2D eigenvalue weighted by atomic mass is 35.5. The highest BCUT2D eigenvalue weighted by molar-refractivity contribution is 6.43. The summed E-state index contributed by atoms with van der Waals surface area (Å²) in [5.74, 6) is -7.09. The number of nitrogens with zero attached hydrogens (tertiary/aromatic N) is 1. The third kappa shape index (κ3) is 3.87. The Morgan fingerprint density at radius 1 is 1.03 bits per heavy atom. The molecule has 0 bridgehead atoms. The van der Waals surface area contributed by atoms with Gasteiger partial charge in [0.25, 0.3) is 0 Å². The number of nitrogens with one attached hydrogen (secondary N) is 1. The number of halogens is 3. The minimum absolute atomic E-state index is 0.0237. The molecular formula is C22H17Cl3N2O6. The molecule has 0 aliphatic carbocycles. The molecule has 172 valence electrons. The first-order valence-corrected chi connectivity index (χ1v) is 11.0. The molecule has 2 aromatic carbocycles. The quantitative estimate of drug-likeness (QED) is 0.401. The molecule has 0 saturated carbocycles. The van der Waals surface area contributed by atoms with E-state index in [2.05, 4.69) is 5.32 Å². The first kappa shape index (κ1) is 23.5. The Balaban J connectivity index is 1.86. The van der Waals surface area contributed by atoms with E-state index in [0.717, 1.165) is 4.90 Å². The summed E-state index contributed by atoms with van der Waals surface area (Å²) in [4.78, 5) is 51.9. The van der Waals surface area contributed by atoms with Gasteiger partial charge in [0, 0.05) is 11.1 Å². The summed E-state index contributed by atoms with van der Waals surface area (Å²) < 4.78 is 0. The predicted octanol–water partition coefficient (Wildman–Crippen LogP) is 3.39. The van der Waals surface area contributed by atoms with Crippen molar-refractivity contribution >= 4 is 58.6 Å². The second-order valence-corrected chi connectivity index (χ2v) is 9.23. The molecule has 4 rings (SSSR count). The minimum Gasteiger partial charge on any atom is -0.481 e. The van der Waals surface area contributed by atoms with E-state index in [1.165, 1.54) is 12.1 Å². The molecule has 2 aromatic rings. The molecular weight excluding hydrogens is 495 g/mol. The number of hydrogen-bond donors (Lipinski definition) is 3. The molecule has 0 radical (unpaired) electrons. The summed E-state index contributed by atoms with van der Waals surface area (Å²) in [5, 5.41) is 22.6. The Hall–Kier alpha value is -2.65. The molecule has 11 heteroatoms. The van der Waals surface area contributed by atoms with Crippen LogP contribution in [0.4, 0.5) is 0 Å². The molecule has 2 aliphatic rings. The molecule has 0 aromatic heterocycles. The summed E-state index contributed by atoms with van der Waals surface area (Å²) in [5.41, 5.74) is -1.37. The Kier molecular flexibility index (Phi) is 6.13. The summed E-state index contributed by atoms with van der Waals surface area (Å²) in [6.45, 7) is -0.0783. The van der Waals surface area contributed by atoms with Crippen LogP contribution in [-0.4, -0.2) is 44.4 Å². The topological polar surface area (TPSA) is 124 Å². The van der Waals surface area contributed by atoms with Crippen molar-refractivity contribution in [2.45, 2.75) is 24.5 Å². The average Bonchev–Trinajstić information content (AvgIpc) is 3.21. The lowest BCUT2D eigenvalue weighted by Crippen LogP contribution is -2.56. The smallest absolute Gasteiger partial charge is 0.325 e. The van der Waals surface area contributed by atoms with E-state index in [1.807, 2.05) is 0 Å². The van der Waals surface area contributed by atoms with E-state index in [9.17, 15) is 29.4 Å². The van der Waals surface area contributed by atoms with Gasteiger partial charge in [-0.3, -0.25) is 29.4 Å². The molecule has 2 heterocycles. The normalized spacial score (nSPS) is 26.5. The monoisotopic (exact) mass is 510 g/mol. The van der Waals surface area contributed by atoms with Crippen molar-refractivity contribution in [3.63, 3.8) is 0 Å². The average molecular weight is 512 g/mol. The number of rotatable bonds is 6. The molecule has 4 unspecified atom stereocenters. The lowest BCUT2D eigenvalue weighted by Gasteiger charge is -2.30. The number of fused-ring (bicyclic) bond motifs is 1. The zero-order chi connectivity index (χ0) is 24.1. The molecule has 4 atom stereocenters. The highest BCUT2D eigenvalue weighted by Gasteiger charge is 2.69. The first-order valence-electron chi connectivity index (χ1n) is 9.83. The van der Waals surface area contributed by atoms with Crippen molar-refractivity contribution < 1.29 is 29.4 Å². The van der Waals surface area contributed by atoms with Crippen molar-refractivity contribution in [2.75, 3.05) is 0 Å². The number of aliphatic carboxylic acids is 2. The molecule has 33 heavy (non-hydrogen) atoms. The van der Waals surface area contributed by atoms with Gasteiger partial charge >= 0.3 is 11.9 Å². The maximum Gasteiger partial charge on any atom is 0.325 e. The van der Waals surface area contributed by atoms with Crippen LogP contribution in [0, 0.1) is 11.8 Å². The zero-order valence-corrected chi connectivity index (χ0v) is 19.1. The third-order valence-corrected chi connectivity index (χ3v) is 7.13. The maximum atomic E-state index is 13.5. The number of carbonyl (C=O) groups is 4. The van der Waals surface area contributed by atoms with E-state index in [4.69, 9.17) is 34.8 Å². The van der Waals surface area contributed by atoms with Crippen molar-refractivity contribution in [1.29, 1.82) is 0 Å². The van der Waals surface area contributed by atoms with Crippen molar-refractivity contribution in [3.8, 4) is 0 Å². The Morgan fingerprint density at radius 2 is 1.70 bits per heavy atom. The van der Waals surface area contributed by atoms with Gasteiger partial charge in [0.2, 0.25) is 11.8 Å². The van der Waals surface area contributed by atoms with Crippen LogP contribution in [0.5, 0.6) is 0 Å². The van der Waals surface area contributed by atoms with Crippen LogP contribution < -0.4 is 5.32 Å². The summed E-state index contributed by atoms with van der Waals surface area (Å²) in [6.07, 6.45) is -0.926. The molecule has 2 aliphatic heterocycles. The van der Waals surface area contributed by atoms with Crippen LogP contribution in [0.3, 0.4) is 0 Å². The Bertz CT molecular complexity index is 1170. The number of carboxylic acid groups (broad SMARTS) is 2. The maximum absolute atomic E-state index is 13.5. The van der Waals surface area contributed by atoms with Crippen molar-refractivity contribution in [2.24, 2.45) is 11.8 Å². The minimum atomic E-state index is -2.24. The Morgan fingerprint density at radius 3 is 2.30 bits per heavy atom. The number of likely N-dealkylation sites (tertiary alicyclic amines) is 1. The van der Waals surface area contributed by atoms with Gasteiger partial charge in [-0.1, -0.05) is 65.1 Å². The van der Waals surface area contributed by atoms with Crippen LogP contribution in [0.25, 0.3) is 0 Å². The highest BCUT2D eigenvalue weighted by Crippen LogP contribution is 2.52. The van der Waals surface area contributed by atoms with E-state index < -0.39 is 53.6 Å². The second-order valence-electron chi connectivity index (χ2n) is 8.01. The fourth-order valence-corrected chi connectivity index (χ4v) is 5.46. The molecule has 3 N–H and O–H groups in total. The lowest BCUT2D eigenvalue weighted by molar-refractivity contribution is -0.156. The van der Waals surface area contributed by atoms with E-state index in [-0.39, 0.29) is 27.2 Å². The second kappa shape index (κ2) is 8.61. The van der Waals surface area contributed by atoms with Gasteiger partial charge in [-0.15, -0.1) is 0 Å². The van der Waals surface area contributed by atoms with Crippen LogP contribution in [-0.2, 0) is 25.7 Å². The number of benzene rings is 2. The molecule has 8 nitrogen and oxygen atoms in total. The Labute approximate surface area is 203 Å². The lowest BCUT2D eigenvalue weighted by atomic mass is 9.77. The van der Waals surface area contributed by atoms with Crippen LogP contribution >= 0.6 is 34.8 Å². The fraction of sp³-hybridized carbons (Fsp3) is 0.273. The van der Waals surface area contributed by atoms with Gasteiger partial charge in [0.05, 0.1) is 34.8 Å². The van der Waals surface area contributed by atoms with Crippen LogP contribution in [0.2, 0.25) is 15.1 Å². The van der Waals surface area contributed by atoms with Crippen molar-refractivity contribution in [3.05, 3.63) is 68.7 Å². The largest absolute Gasteiger partial charge is 0.481 e. The fourth-order valence-electron chi connectivity index (χ4n) is 4.73. The standard InChI is InChI=1S/C22H17Cl3N2O6/c23-11-6-12(17(25)13(24)7-11)18-15-16(22(26-18,21(32)33)8-14(28)29)20(31)27(19(15)30)9-10-4-2-1-3-5-10/h1-7,15-16,18,26H,8-9H2,(H,28,29)(H,32,33). The van der Waals surface area contributed by atoms with Crippen LogP contribution in [0.15, 0.2) is 42.5 Å². The van der Waals surface area contributed by atoms with Gasteiger partial charge in [-0.25, -0.2) is 0 Å². The summed E-state index contributed by atoms with van der Waals surface area (Å²) in [7, 11) is 0. The van der Waals surface area contributed by atoms with Gasteiger partial charge in [-0.05, 0) is 23.3 Å². The summed E-state index contributed by atoms with van der Waals surface area (Å²) >= 11 is 18.6. The molecule has 2 saturated heterocycles. The molecule has 2 amide bonds. The summed E-state index contributed by atoms with van der Waals surface area (Å²) in [6, 6.07) is 10.4. The van der Waals surface area contributed by atoms with Gasteiger partial charge in [0.15, 0.2) is 0 Å². The SMILES string of the molecule is O=C(O)CC1(C(=O)O)NC(c2cc(Cl)cc(Cl)c2Cl)C2C(=O)N(Cc3ccccc3)C(=O)C21. The number of carbonyl (C=O) groups excluding carboxylic acids is 2. The third-order valence-electron chi connectivity index (χ3n) is 6.10. The number of imide groups is 1. The molecule has 2 fully saturated rings. The van der Waals surface area contributed by atoms with E-state index in [1.54, 1.807) is 30.3 Å². The number of hydrogen-bond acceptors (Lipinski definition) is 5. The predicted molar refractivity (Wildman–Crippen MR) is 119 cm³/mol. The number of amides is 2. The van der Waals surface area contributed by atoms with Gasteiger partial charge < -0.3 is 10.2 Å².